The Morgan fingerprint density at radius 3 is 2.31 bits per heavy atom. The lowest BCUT2D eigenvalue weighted by Gasteiger charge is -2.43. The second-order valence-corrected chi connectivity index (χ2v) is 9.19. The molecule has 1 heterocycles. The molecule has 0 radical (unpaired) electrons. The lowest BCUT2D eigenvalue weighted by atomic mass is 9.89. The van der Waals surface area contributed by atoms with E-state index in [0.717, 1.165) is 30.5 Å². The van der Waals surface area contributed by atoms with E-state index in [4.69, 9.17) is 0 Å². The Balaban J connectivity index is 1.78. The first-order chi connectivity index (χ1) is 17.4. The molecule has 7 nitrogen and oxygen atoms in total. The van der Waals surface area contributed by atoms with Crippen LogP contribution < -0.4 is 9.80 Å². The quantitative estimate of drug-likeness (QED) is 0.202. The number of nitrogens with zero attached hydrogens (tertiary/aromatic N) is 3. The fraction of sp³-hybridized carbons (Fsp3) is 0.310. The predicted molar refractivity (Wildman–Crippen MR) is 141 cm³/mol. The normalized spacial score (nSPS) is 16.8. The molecule has 3 aromatic rings. The van der Waals surface area contributed by atoms with Crippen molar-refractivity contribution in [3.05, 3.63) is 100 Å². The summed E-state index contributed by atoms with van der Waals surface area (Å²) in [6, 6.07) is 22.4. The lowest BCUT2D eigenvalue weighted by molar-refractivity contribution is -0.384. The fourth-order valence-electron chi connectivity index (χ4n) is 4.95. The first-order valence-corrected chi connectivity index (χ1v) is 12.5. The van der Waals surface area contributed by atoms with Crippen LogP contribution in [-0.4, -0.2) is 22.8 Å². The molecule has 0 bridgehead atoms. The molecule has 4 rings (SSSR count). The molecule has 1 aliphatic heterocycles. The molecule has 3 aromatic carbocycles. The van der Waals surface area contributed by atoms with Gasteiger partial charge >= 0.3 is 0 Å². The standard InChI is InChI=1S/C29H31N3O4/c1-3-4-6-15-28(33)30-21(2)20-27(25-13-9-10-14-26(25)30)31(29(34)22-11-7-5-8-12-22)23-16-18-24(19-17-23)32(35)36/h5,7-14,16-19,21,27H,3-4,6,15,20H2,1-2H3/t21-,27-/m1/s1. The van der Waals surface area contributed by atoms with Gasteiger partial charge in [-0.05, 0) is 55.7 Å². The molecule has 0 saturated heterocycles. The molecule has 0 aromatic heterocycles. The molecule has 36 heavy (non-hydrogen) atoms. The van der Waals surface area contributed by atoms with Crippen LogP contribution in [0.2, 0.25) is 0 Å². The second kappa shape index (κ2) is 11.2. The van der Waals surface area contributed by atoms with Crippen molar-refractivity contribution in [3.63, 3.8) is 0 Å². The van der Waals surface area contributed by atoms with Gasteiger partial charge in [0.05, 0.1) is 11.0 Å². The highest BCUT2D eigenvalue weighted by atomic mass is 16.6. The number of carbonyl (C=O) groups excluding carboxylic acids is 2. The molecule has 2 atom stereocenters. The fourth-order valence-corrected chi connectivity index (χ4v) is 4.95. The second-order valence-electron chi connectivity index (χ2n) is 9.19. The molecule has 1 aliphatic rings. The van der Waals surface area contributed by atoms with E-state index in [2.05, 4.69) is 6.92 Å². The molecule has 0 unspecified atom stereocenters. The molecule has 7 heteroatoms. The summed E-state index contributed by atoms with van der Waals surface area (Å²) in [7, 11) is 0. The molecule has 0 fully saturated rings. The highest BCUT2D eigenvalue weighted by Gasteiger charge is 2.38. The number of carbonyl (C=O) groups is 2. The van der Waals surface area contributed by atoms with Crippen molar-refractivity contribution >= 4 is 28.9 Å². The maximum absolute atomic E-state index is 13.9. The molecular formula is C29H31N3O4. The van der Waals surface area contributed by atoms with Crippen molar-refractivity contribution < 1.29 is 14.5 Å². The molecular weight excluding hydrogens is 454 g/mol. The van der Waals surface area contributed by atoms with Gasteiger partial charge in [0.15, 0.2) is 0 Å². The van der Waals surface area contributed by atoms with Gasteiger partial charge in [0.1, 0.15) is 0 Å². The van der Waals surface area contributed by atoms with Crippen LogP contribution in [0.4, 0.5) is 17.1 Å². The van der Waals surface area contributed by atoms with E-state index in [1.54, 1.807) is 29.2 Å². The highest BCUT2D eigenvalue weighted by molar-refractivity contribution is 6.07. The minimum Gasteiger partial charge on any atom is -0.309 e. The van der Waals surface area contributed by atoms with Crippen LogP contribution in [0.5, 0.6) is 0 Å². The van der Waals surface area contributed by atoms with Crippen LogP contribution in [0.3, 0.4) is 0 Å². The van der Waals surface area contributed by atoms with E-state index in [9.17, 15) is 19.7 Å². The number of unbranched alkanes of at least 4 members (excludes halogenated alkanes) is 2. The largest absolute Gasteiger partial charge is 0.309 e. The van der Waals surface area contributed by atoms with Gasteiger partial charge in [0.2, 0.25) is 5.91 Å². The molecule has 0 aliphatic carbocycles. The minimum absolute atomic E-state index is 0.0351. The molecule has 0 saturated carbocycles. The zero-order valence-corrected chi connectivity index (χ0v) is 20.7. The number of anilines is 2. The van der Waals surface area contributed by atoms with E-state index >= 15 is 0 Å². The Kier molecular flexibility index (Phi) is 7.78. The van der Waals surface area contributed by atoms with E-state index in [-0.39, 0.29) is 29.6 Å². The van der Waals surface area contributed by atoms with Crippen LogP contribution in [0.25, 0.3) is 0 Å². The Morgan fingerprint density at radius 2 is 1.64 bits per heavy atom. The van der Waals surface area contributed by atoms with E-state index in [1.807, 2.05) is 54.3 Å². The highest BCUT2D eigenvalue weighted by Crippen LogP contribution is 2.43. The summed E-state index contributed by atoms with van der Waals surface area (Å²) in [5, 5.41) is 11.2. The zero-order chi connectivity index (χ0) is 25.7. The maximum Gasteiger partial charge on any atom is 0.269 e. The average Bonchev–Trinajstić information content (AvgIpc) is 2.89. The summed E-state index contributed by atoms with van der Waals surface area (Å²) in [4.78, 5) is 41.5. The predicted octanol–water partition coefficient (Wildman–Crippen LogP) is 6.69. The Bertz CT molecular complexity index is 1230. The smallest absolute Gasteiger partial charge is 0.269 e. The van der Waals surface area contributed by atoms with Crippen molar-refractivity contribution in [3.8, 4) is 0 Å². The first kappa shape index (κ1) is 25.1. The van der Waals surface area contributed by atoms with Gasteiger partial charge in [0.25, 0.3) is 11.6 Å². The summed E-state index contributed by atoms with van der Waals surface area (Å²) in [6.45, 7) is 4.13. The third kappa shape index (κ3) is 5.15. The number of para-hydroxylation sites is 1. The number of nitro benzene ring substituents is 1. The van der Waals surface area contributed by atoms with E-state index in [0.29, 0.717) is 24.1 Å². The molecule has 186 valence electrons. The van der Waals surface area contributed by atoms with Gasteiger partial charge in [-0.3, -0.25) is 19.7 Å². The van der Waals surface area contributed by atoms with Crippen LogP contribution in [-0.2, 0) is 4.79 Å². The number of hydrogen-bond donors (Lipinski definition) is 0. The van der Waals surface area contributed by atoms with Gasteiger partial charge in [-0.15, -0.1) is 0 Å². The van der Waals surface area contributed by atoms with Crippen LogP contribution in [0.15, 0.2) is 78.9 Å². The van der Waals surface area contributed by atoms with Crippen LogP contribution in [0.1, 0.15) is 67.9 Å². The number of fused-ring (bicyclic) bond motifs is 1. The summed E-state index contributed by atoms with van der Waals surface area (Å²) < 4.78 is 0. The van der Waals surface area contributed by atoms with Gasteiger partial charge in [0, 0.05) is 41.5 Å². The number of nitro groups is 1. The Morgan fingerprint density at radius 1 is 0.972 bits per heavy atom. The van der Waals surface area contributed by atoms with Crippen molar-refractivity contribution in [1.29, 1.82) is 0 Å². The third-order valence-corrected chi connectivity index (χ3v) is 6.71. The van der Waals surface area contributed by atoms with Crippen molar-refractivity contribution in [1.82, 2.24) is 0 Å². The summed E-state index contributed by atoms with van der Waals surface area (Å²) in [5.41, 5.74) is 2.77. The van der Waals surface area contributed by atoms with Crippen molar-refractivity contribution in [2.24, 2.45) is 0 Å². The van der Waals surface area contributed by atoms with Gasteiger partial charge < -0.3 is 9.80 Å². The number of amides is 2. The van der Waals surface area contributed by atoms with Crippen molar-refractivity contribution in [2.45, 2.75) is 58.0 Å². The number of hydrogen-bond acceptors (Lipinski definition) is 4. The Labute approximate surface area is 211 Å². The number of benzene rings is 3. The number of rotatable bonds is 8. The average molecular weight is 486 g/mol. The first-order valence-electron chi connectivity index (χ1n) is 12.5. The summed E-state index contributed by atoms with van der Waals surface area (Å²) in [5.74, 6) is -0.0997. The van der Waals surface area contributed by atoms with E-state index in [1.165, 1.54) is 12.1 Å². The van der Waals surface area contributed by atoms with Gasteiger partial charge in [-0.2, -0.15) is 0 Å². The monoisotopic (exact) mass is 485 g/mol. The van der Waals surface area contributed by atoms with Crippen molar-refractivity contribution in [2.75, 3.05) is 9.80 Å². The molecule has 0 spiro atoms. The lowest BCUT2D eigenvalue weighted by Crippen LogP contribution is -2.47. The van der Waals surface area contributed by atoms with E-state index < -0.39 is 4.92 Å². The molecule has 2 amide bonds. The third-order valence-electron chi connectivity index (χ3n) is 6.71. The summed E-state index contributed by atoms with van der Waals surface area (Å²) >= 11 is 0. The SMILES string of the molecule is CCCCCC(=O)N1c2ccccc2[C@H](N(C(=O)c2ccccc2)c2ccc([N+](=O)[O-])cc2)C[C@H]1C. The molecule has 0 N–H and O–H groups in total. The Hall–Kier alpha value is -4.00. The van der Waals surface area contributed by atoms with Gasteiger partial charge in [-0.1, -0.05) is 56.2 Å². The zero-order valence-electron chi connectivity index (χ0n) is 20.7. The topological polar surface area (TPSA) is 83.8 Å². The minimum atomic E-state index is -0.451. The van der Waals surface area contributed by atoms with Crippen LogP contribution in [0, 0.1) is 10.1 Å². The van der Waals surface area contributed by atoms with Gasteiger partial charge in [-0.25, -0.2) is 0 Å². The maximum atomic E-state index is 13.9. The van der Waals surface area contributed by atoms with Crippen LogP contribution >= 0.6 is 0 Å². The summed E-state index contributed by atoms with van der Waals surface area (Å²) in [6.07, 6.45) is 3.95. The number of non-ortho nitro benzene ring substituents is 1.